The summed E-state index contributed by atoms with van der Waals surface area (Å²) in [7, 11) is 0. The molecule has 0 heteroatoms. The van der Waals surface area contributed by atoms with E-state index in [1.807, 2.05) is 55.4 Å². The molecule has 8 rings (SSSR count). The highest BCUT2D eigenvalue weighted by atomic mass is 14.4. The smallest absolute Gasteiger partial charge is 0.0159 e. The molecule has 0 saturated heterocycles. The molecule has 2 aliphatic carbocycles. The van der Waals surface area contributed by atoms with E-state index in [1.165, 1.54) is 88.3 Å². The number of hydrogen-bond donors (Lipinski definition) is 0. The van der Waals surface area contributed by atoms with Crippen LogP contribution in [0.3, 0.4) is 0 Å². The van der Waals surface area contributed by atoms with Crippen LogP contribution in [0.1, 0.15) is 128 Å². The Kier molecular flexibility index (Phi) is 13.4. The summed E-state index contributed by atoms with van der Waals surface area (Å²) in [5.41, 5.74) is 17.2. The Labute approximate surface area is 306 Å². The fourth-order valence-electron chi connectivity index (χ4n) is 7.76. The number of aryl methyl sites for hydroxylation is 4. The van der Waals surface area contributed by atoms with Gasteiger partial charge < -0.3 is 0 Å². The zero-order valence-corrected chi connectivity index (χ0v) is 34.2. The Balaban J connectivity index is 0.000000226. The minimum absolute atomic E-state index is 0.0888. The average Bonchev–Trinajstić information content (AvgIpc) is 3.50. The van der Waals surface area contributed by atoms with Crippen LogP contribution in [0, 0.1) is 27.7 Å². The van der Waals surface area contributed by atoms with E-state index in [4.69, 9.17) is 0 Å². The highest BCUT2D eigenvalue weighted by Crippen LogP contribution is 2.53. The van der Waals surface area contributed by atoms with E-state index in [-0.39, 0.29) is 10.8 Å². The number of benzene rings is 6. The molecule has 0 aromatic heterocycles. The fourth-order valence-corrected chi connectivity index (χ4v) is 7.76. The van der Waals surface area contributed by atoms with E-state index in [1.54, 1.807) is 0 Å². The third kappa shape index (κ3) is 6.92. The molecule has 264 valence electrons. The quantitative estimate of drug-likeness (QED) is 0.152. The van der Waals surface area contributed by atoms with Crippen LogP contribution in [0.5, 0.6) is 0 Å². The van der Waals surface area contributed by atoms with Crippen molar-refractivity contribution in [2.45, 2.75) is 122 Å². The maximum Gasteiger partial charge on any atom is 0.0159 e. The van der Waals surface area contributed by atoms with E-state index >= 15 is 0 Å². The van der Waals surface area contributed by atoms with Crippen LogP contribution in [0.4, 0.5) is 0 Å². The molecule has 0 radical (unpaired) electrons. The first kappa shape index (κ1) is 40.3. The van der Waals surface area contributed by atoms with Gasteiger partial charge in [-0.15, -0.1) is 0 Å². The fraction of sp³-hybridized carbons (Fsp3) is 0.360. The maximum absolute atomic E-state index is 2.40. The molecule has 0 aliphatic heterocycles. The zero-order chi connectivity index (χ0) is 37.6. The summed E-state index contributed by atoms with van der Waals surface area (Å²) in [5.74, 6) is 0. The second-order valence-corrected chi connectivity index (χ2v) is 13.7. The summed E-state index contributed by atoms with van der Waals surface area (Å²) >= 11 is 0. The summed E-state index contributed by atoms with van der Waals surface area (Å²) in [5, 5.41) is 5.53. The van der Waals surface area contributed by atoms with Gasteiger partial charge in [-0.3, -0.25) is 0 Å². The summed E-state index contributed by atoms with van der Waals surface area (Å²) < 4.78 is 0. The van der Waals surface area contributed by atoms with Crippen molar-refractivity contribution < 1.29 is 0 Å². The second kappa shape index (κ2) is 16.7. The van der Waals surface area contributed by atoms with Gasteiger partial charge in [-0.2, -0.15) is 0 Å². The number of hydrogen-bond acceptors (Lipinski definition) is 0. The lowest BCUT2D eigenvalue weighted by atomic mass is 9.81. The summed E-state index contributed by atoms with van der Waals surface area (Å²) in [6.07, 6.45) is 0. The molecule has 6 aromatic carbocycles. The van der Waals surface area contributed by atoms with Crippen molar-refractivity contribution >= 4 is 21.5 Å². The standard InChI is InChI=1S/2C21H20.4C2H6/c2*1-13-9-10-17-18(11-13)21(3,4)19-12-14(2)15-7-5-6-8-16(15)20(17)19;4*1-2/h2*5-12H,1-4H3;4*1-2H3. The number of fused-ring (bicyclic) bond motifs is 10. The van der Waals surface area contributed by atoms with E-state index in [0.29, 0.717) is 0 Å². The van der Waals surface area contributed by atoms with Crippen LogP contribution < -0.4 is 0 Å². The van der Waals surface area contributed by atoms with Crippen LogP contribution in [0.25, 0.3) is 43.8 Å². The van der Waals surface area contributed by atoms with Gasteiger partial charge in [0.1, 0.15) is 0 Å². The van der Waals surface area contributed by atoms with Gasteiger partial charge in [0.05, 0.1) is 0 Å². The Hall–Kier alpha value is -4.16. The van der Waals surface area contributed by atoms with Gasteiger partial charge in [0.15, 0.2) is 0 Å². The van der Waals surface area contributed by atoms with E-state index in [9.17, 15) is 0 Å². The molecular formula is C50H64. The van der Waals surface area contributed by atoms with Crippen LogP contribution in [-0.4, -0.2) is 0 Å². The maximum atomic E-state index is 2.40. The van der Waals surface area contributed by atoms with Gasteiger partial charge >= 0.3 is 0 Å². The Morgan fingerprint density at radius 1 is 0.340 bits per heavy atom. The molecule has 0 spiro atoms. The van der Waals surface area contributed by atoms with Gasteiger partial charge in [-0.25, -0.2) is 0 Å². The lowest BCUT2D eigenvalue weighted by Crippen LogP contribution is -2.15. The Bertz CT molecular complexity index is 1910. The zero-order valence-electron chi connectivity index (χ0n) is 34.2. The topological polar surface area (TPSA) is 0 Å². The molecule has 0 N–H and O–H groups in total. The molecule has 0 fully saturated rings. The molecule has 50 heavy (non-hydrogen) atoms. The molecular weight excluding hydrogens is 601 g/mol. The van der Waals surface area contributed by atoms with Crippen molar-refractivity contribution in [2.75, 3.05) is 0 Å². The third-order valence-electron chi connectivity index (χ3n) is 10.1. The summed E-state index contributed by atoms with van der Waals surface area (Å²) in [6, 6.07) is 36.2. The lowest BCUT2D eigenvalue weighted by Gasteiger charge is -2.22. The Morgan fingerprint density at radius 2 is 0.640 bits per heavy atom. The first-order valence-electron chi connectivity index (χ1n) is 19.3. The van der Waals surface area contributed by atoms with Crippen molar-refractivity contribution in [3.8, 4) is 22.3 Å². The molecule has 2 aliphatic rings. The van der Waals surface area contributed by atoms with Crippen molar-refractivity contribution in [3.63, 3.8) is 0 Å². The van der Waals surface area contributed by atoms with Crippen molar-refractivity contribution in [1.82, 2.24) is 0 Å². The van der Waals surface area contributed by atoms with Gasteiger partial charge in [-0.1, -0.05) is 191 Å². The second-order valence-electron chi connectivity index (χ2n) is 13.7. The van der Waals surface area contributed by atoms with Gasteiger partial charge in [0, 0.05) is 10.8 Å². The van der Waals surface area contributed by atoms with Crippen LogP contribution >= 0.6 is 0 Å². The van der Waals surface area contributed by atoms with Crippen molar-refractivity contribution in [1.29, 1.82) is 0 Å². The van der Waals surface area contributed by atoms with Gasteiger partial charge in [0.25, 0.3) is 0 Å². The summed E-state index contributed by atoms with van der Waals surface area (Å²) in [4.78, 5) is 0. The average molecular weight is 665 g/mol. The molecule has 0 heterocycles. The molecule has 0 saturated carbocycles. The van der Waals surface area contributed by atoms with E-state index < -0.39 is 0 Å². The Morgan fingerprint density at radius 3 is 0.960 bits per heavy atom. The highest BCUT2D eigenvalue weighted by Gasteiger charge is 2.38. The van der Waals surface area contributed by atoms with E-state index in [0.717, 1.165) is 0 Å². The predicted octanol–water partition coefficient (Wildman–Crippen LogP) is 15.6. The molecule has 0 nitrogen and oxygen atoms in total. The minimum atomic E-state index is 0.0888. The SMILES string of the molecule is CC.CC.CC.CC.Cc1ccc2c(c1)C(C)(C)c1cc(C)c3ccccc3c1-2.Cc1ccc2c(c1)C(C)(C)c1cc(C)c3ccccc3c1-2. The first-order chi connectivity index (χ1) is 24.0. The normalized spacial score (nSPS) is 13.1. The summed E-state index contributed by atoms with van der Waals surface area (Å²) in [6.45, 7) is 34.2. The predicted molar refractivity (Wildman–Crippen MR) is 227 cm³/mol. The monoisotopic (exact) mass is 665 g/mol. The molecule has 0 amide bonds. The lowest BCUT2D eigenvalue weighted by molar-refractivity contribution is 0.659. The molecule has 0 unspecified atom stereocenters. The molecule has 0 bridgehead atoms. The van der Waals surface area contributed by atoms with Crippen molar-refractivity contribution in [3.05, 3.63) is 142 Å². The van der Waals surface area contributed by atoms with Crippen LogP contribution in [0.15, 0.2) is 97.1 Å². The largest absolute Gasteiger partial charge is 0.0683 e. The molecule has 6 aromatic rings. The number of rotatable bonds is 0. The minimum Gasteiger partial charge on any atom is -0.0683 e. The van der Waals surface area contributed by atoms with Crippen LogP contribution in [-0.2, 0) is 10.8 Å². The van der Waals surface area contributed by atoms with Gasteiger partial charge in [0.2, 0.25) is 0 Å². The van der Waals surface area contributed by atoms with Crippen molar-refractivity contribution in [2.24, 2.45) is 0 Å². The first-order valence-corrected chi connectivity index (χ1v) is 19.3. The highest BCUT2D eigenvalue weighted by molar-refractivity contribution is 6.05. The van der Waals surface area contributed by atoms with Crippen LogP contribution in [0.2, 0.25) is 0 Å². The van der Waals surface area contributed by atoms with E-state index in [2.05, 4.69) is 152 Å². The van der Waals surface area contributed by atoms with Gasteiger partial charge in [-0.05, 0) is 105 Å². The third-order valence-corrected chi connectivity index (χ3v) is 10.1. The molecule has 0 atom stereocenters.